The Bertz CT molecular complexity index is 722. The van der Waals surface area contributed by atoms with E-state index in [0.29, 0.717) is 17.8 Å². The molecule has 0 saturated heterocycles. The molecule has 1 aromatic carbocycles. The van der Waals surface area contributed by atoms with Crippen molar-refractivity contribution < 1.29 is 8.42 Å². The molecule has 0 aliphatic heterocycles. The van der Waals surface area contributed by atoms with E-state index in [1.165, 1.54) is 23.2 Å². The first-order valence-electron chi connectivity index (χ1n) is 10.1. The topological polar surface area (TPSA) is 58.2 Å². The number of anilines is 1. The lowest BCUT2D eigenvalue weighted by atomic mass is 9.86. The molecule has 4 nitrogen and oxygen atoms in total. The minimum atomic E-state index is -3.15. The minimum Gasteiger partial charge on any atom is -0.385 e. The Morgan fingerprint density at radius 2 is 1.69 bits per heavy atom. The molecule has 2 aliphatic carbocycles. The molecule has 146 valence electrons. The lowest BCUT2D eigenvalue weighted by Crippen LogP contribution is -2.41. The van der Waals surface area contributed by atoms with Gasteiger partial charge in [0.1, 0.15) is 0 Å². The number of sulfonamides is 1. The van der Waals surface area contributed by atoms with Gasteiger partial charge in [-0.15, -0.1) is 0 Å². The van der Waals surface area contributed by atoms with Crippen LogP contribution in [0.25, 0.3) is 0 Å². The quantitative estimate of drug-likeness (QED) is 0.761. The van der Waals surface area contributed by atoms with Gasteiger partial charge < -0.3 is 5.32 Å². The van der Waals surface area contributed by atoms with Crippen molar-refractivity contribution in [2.45, 2.75) is 82.9 Å². The van der Waals surface area contributed by atoms with Crippen LogP contribution in [-0.4, -0.2) is 26.3 Å². The van der Waals surface area contributed by atoms with Gasteiger partial charge in [0, 0.05) is 18.3 Å². The molecule has 26 heavy (non-hydrogen) atoms. The van der Waals surface area contributed by atoms with Gasteiger partial charge in [-0.3, -0.25) is 0 Å². The predicted molar refractivity (Wildman–Crippen MR) is 109 cm³/mol. The SMILES string of the molecule is CC1CC(C)c2cc(NC[C@H]3CC[C@H](NS(=O)(=O)C(C)C)CC3)ccc21. The van der Waals surface area contributed by atoms with E-state index >= 15 is 0 Å². The Balaban J connectivity index is 1.48. The van der Waals surface area contributed by atoms with Crippen LogP contribution >= 0.6 is 0 Å². The van der Waals surface area contributed by atoms with Gasteiger partial charge in [-0.1, -0.05) is 19.9 Å². The van der Waals surface area contributed by atoms with Gasteiger partial charge in [0.25, 0.3) is 0 Å². The van der Waals surface area contributed by atoms with E-state index in [1.807, 2.05) is 0 Å². The zero-order valence-corrected chi connectivity index (χ0v) is 17.4. The van der Waals surface area contributed by atoms with Gasteiger partial charge >= 0.3 is 0 Å². The van der Waals surface area contributed by atoms with Gasteiger partial charge in [-0.05, 0) is 87.0 Å². The number of rotatable bonds is 6. The first-order chi connectivity index (χ1) is 12.3. The van der Waals surface area contributed by atoms with Gasteiger partial charge in [-0.2, -0.15) is 0 Å². The average molecular weight is 379 g/mol. The molecule has 2 N–H and O–H groups in total. The van der Waals surface area contributed by atoms with Crippen LogP contribution in [0.4, 0.5) is 5.69 Å². The summed E-state index contributed by atoms with van der Waals surface area (Å²) in [5.74, 6) is 1.96. The third-order valence-corrected chi connectivity index (χ3v) is 8.15. The van der Waals surface area contributed by atoms with E-state index in [4.69, 9.17) is 0 Å². The third kappa shape index (κ3) is 4.42. The molecule has 0 amide bonds. The molecule has 1 fully saturated rings. The molecular weight excluding hydrogens is 344 g/mol. The summed E-state index contributed by atoms with van der Waals surface area (Å²) in [5, 5.41) is 3.27. The Hall–Kier alpha value is -1.07. The molecule has 3 rings (SSSR count). The molecule has 0 heterocycles. The van der Waals surface area contributed by atoms with Crippen molar-refractivity contribution >= 4 is 15.7 Å². The van der Waals surface area contributed by atoms with Gasteiger partial charge in [-0.25, -0.2) is 13.1 Å². The van der Waals surface area contributed by atoms with Crippen molar-refractivity contribution in [3.05, 3.63) is 29.3 Å². The molecule has 1 aromatic rings. The largest absolute Gasteiger partial charge is 0.385 e. The maximum atomic E-state index is 12.0. The maximum Gasteiger partial charge on any atom is 0.214 e. The zero-order valence-electron chi connectivity index (χ0n) is 16.6. The highest BCUT2D eigenvalue weighted by Crippen LogP contribution is 2.42. The molecule has 5 heteroatoms. The molecule has 0 radical (unpaired) electrons. The fourth-order valence-corrected chi connectivity index (χ4v) is 5.43. The van der Waals surface area contributed by atoms with Crippen molar-refractivity contribution in [3.8, 4) is 0 Å². The molecule has 2 atom stereocenters. The Kier molecular flexibility index (Phi) is 5.97. The van der Waals surface area contributed by atoms with E-state index < -0.39 is 10.0 Å². The summed E-state index contributed by atoms with van der Waals surface area (Å²) >= 11 is 0. The van der Waals surface area contributed by atoms with E-state index in [2.05, 4.69) is 42.1 Å². The standard InChI is InChI=1S/C21H34N2O2S/c1-14(2)26(24,25)23-18-7-5-17(6-8-18)13-22-19-9-10-20-15(3)11-16(4)21(20)12-19/h9-10,12,14-18,22-23H,5-8,11,13H2,1-4H3/t15?,16?,17-,18-. The number of hydrogen-bond acceptors (Lipinski definition) is 3. The summed E-state index contributed by atoms with van der Waals surface area (Å²) < 4.78 is 26.9. The highest BCUT2D eigenvalue weighted by Gasteiger charge is 2.27. The van der Waals surface area contributed by atoms with Crippen molar-refractivity contribution in [1.29, 1.82) is 0 Å². The lowest BCUT2D eigenvalue weighted by molar-refractivity contribution is 0.323. The second kappa shape index (κ2) is 7.89. The predicted octanol–water partition coefficient (Wildman–Crippen LogP) is 4.60. The first-order valence-corrected chi connectivity index (χ1v) is 11.7. The fourth-order valence-electron chi connectivity index (χ4n) is 4.46. The van der Waals surface area contributed by atoms with Crippen LogP contribution in [0.5, 0.6) is 0 Å². The zero-order chi connectivity index (χ0) is 18.9. The Labute approximate surface area is 159 Å². The van der Waals surface area contributed by atoms with Crippen LogP contribution in [0.1, 0.15) is 82.8 Å². The highest BCUT2D eigenvalue weighted by atomic mass is 32.2. The van der Waals surface area contributed by atoms with Crippen molar-refractivity contribution in [2.75, 3.05) is 11.9 Å². The van der Waals surface area contributed by atoms with Crippen LogP contribution in [0.2, 0.25) is 0 Å². The number of hydrogen-bond donors (Lipinski definition) is 2. The Morgan fingerprint density at radius 1 is 1.04 bits per heavy atom. The normalized spacial score (nSPS) is 29.0. The summed E-state index contributed by atoms with van der Waals surface area (Å²) in [4.78, 5) is 0. The van der Waals surface area contributed by atoms with Crippen LogP contribution in [0.15, 0.2) is 18.2 Å². The first kappa shape index (κ1) is 19.7. The maximum absolute atomic E-state index is 12.0. The second-order valence-electron chi connectivity index (χ2n) is 8.69. The van der Waals surface area contributed by atoms with Crippen LogP contribution in [0.3, 0.4) is 0 Å². The van der Waals surface area contributed by atoms with Crippen molar-refractivity contribution in [3.63, 3.8) is 0 Å². The van der Waals surface area contributed by atoms with Crippen LogP contribution < -0.4 is 10.0 Å². The summed E-state index contributed by atoms with van der Waals surface area (Å²) in [7, 11) is -3.15. The molecule has 2 aliphatic rings. The summed E-state index contributed by atoms with van der Waals surface area (Å²) in [6.07, 6.45) is 5.30. The molecule has 0 aromatic heterocycles. The van der Waals surface area contributed by atoms with Crippen molar-refractivity contribution in [2.24, 2.45) is 5.92 Å². The van der Waals surface area contributed by atoms with E-state index in [0.717, 1.165) is 32.2 Å². The van der Waals surface area contributed by atoms with Gasteiger partial charge in [0.2, 0.25) is 10.0 Å². The Morgan fingerprint density at radius 3 is 2.35 bits per heavy atom. The molecule has 2 unspecified atom stereocenters. The van der Waals surface area contributed by atoms with E-state index in [-0.39, 0.29) is 11.3 Å². The van der Waals surface area contributed by atoms with Crippen LogP contribution in [0, 0.1) is 5.92 Å². The summed E-state index contributed by atoms with van der Waals surface area (Å²) in [6.45, 7) is 9.09. The van der Waals surface area contributed by atoms with E-state index in [1.54, 1.807) is 13.8 Å². The summed E-state index contributed by atoms with van der Waals surface area (Å²) in [5.41, 5.74) is 4.25. The average Bonchev–Trinajstić information content (AvgIpc) is 2.88. The van der Waals surface area contributed by atoms with Gasteiger partial charge in [0.15, 0.2) is 0 Å². The molecule has 1 saturated carbocycles. The third-order valence-electron chi connectivity index (χ3n) is 6.25. The minimum absolute atomic E-state index is 0.112. The number of benzene rings is 1. The fraction of sp³-hybridized carbons (Fsp3) is 0.714. The smallest absolute Gasteiger partial charge is 0.214 e. The van der Waals surface area contributed by atoms with Crippen LogP contribution in [-0.2, 0) is 10.0 Å². The second-order valence-corrected chi connectivity index (χ2v) is 11.0. The molecular formula is C21H34N2O2S. The lowest BCUT2D eigenvalue weighted by Gasteiger charge is -2.29. The van der Waals surface area contributed by atoms with E-state index in [9.17, 15) is 8.42 Å². The molecule has 0 spiro atoms. The molecule has 0 bridgehead atoms. The summed E-state index contributed by atoms with van der Waals surface area (Å²) in [6, 6.07) is 6.96. The van der Waals surface area contributed by atoms with Crippen molar-refractivity contribution in [1.82, 2.24) is 4.72 Å². The number of nitrogens with one attached hydrogen (secondary N) is 2. The monoisotopic (exact) mass is 378 g/mol. The number of fused-ring (bicyclic) bond motifs is 1. The van der Waals surface area contributed by atoms with Gasteiger partial charge in [0.05, 0.1) is 5.25 Å². The highest BCUT2D eigenvalue weighted by molar-refractivity contribution is 7.90.